The van der Waals surface area contributed by atoms with Gasteiger partial charge in [0.2, 0.25) is 0 Å². The van der Waals surface area contributed by atoms with Crippen LogP contribution in [0.15, 0.2) is 47.1 Å². The maximum Gasteiger partial charge on any atom is 0.106 e. The molecule has 1 aliphatic rings. The van der Waals surface area contributed by atoms with Gasteiger partial charge in [-0.15, -0.1) is 0 Å². The molecule has 1 N–H and O–H groups in total. The Hall–Kier alpha value is -1.19. The van der Waals surface area contributed by atoms with E-state index >= 15 is 0 Å². The standard InChI is InChI=1S/C16H17BrN2/c17-16-7-3-6-15(19-16)11-18-14-9-8-12-4-1-2-5-13(12)10-14/h1-7,14,18H,8-11H2. The second-order valence-electron chi connectivity index (χ2n) is 5.04. The highest BCUT2D eigenvalue weighted by atomic mass is 79.9. The van der Waals surface area contributed by atoms with Crippen LogP contribution >= 0.6 is 15.9 Å². The summed E-state index contributed by atoms with van der Waals surface area (Å²) in [4.78, 5) is 4.46. The molecule has 0 radical (unpaired) electrons. The minimum Gasteiger partial charge on any atom is -0.308 e. The molecule has 1 aliphatic carbocycles. The first-order valence-electron chi connectivity index (χ1n) is 6.73. The van der Waals surface area contributed by atoms with Crippen LogP contribution in [0.25, 0.3) is 0 Å². The fourth-order valence-corrected chi connectivity index (χ4v) is 3.05. The van der Waals surface area contributed by atoms with E-state index in [2.05, 4.69) is 56.6 Å². The number of fused-ring (bicyclic) bond motifs is 1. The maximum atomic E-state index is 4.46. The molecule has 0 saturated carbocycles. The van der Waals surface area contributed by atoms with Gasteiger partial charge in [-0.05, 0) is 58.5 Å². The Kier molecular flexibility index (Phi) is 3.95. The molecule has 1 atom stereocenters. The fraction of sp³-hybridized carbons (Fsp3) is 0.312. The Bertz CT molecular complexity index is 568. The number of aromatic nitrogens is 1. The average molecular weight is 317 g/mol. The maximum absolute atomic E-state index is 4.46. The normalized spacial score (nSPS) is 18.1. The third kappa shape index (κ3) is 3.23. The summed E-state index contributed by atoms with van der Waals surface area (Å²) in [6, 6.07) is 15.4. The molecule has 0 aliphatic heterocycles. The van der Waals surface area contributed by atoms with Gasteiger partial charge in [-0.25, -0.2) is 4.98 Å². The van der Waals surface area contributed by atoms with Crippen LogP contribution in [0.4, 0.5) is 0 Å². The monoisotopic (exact) mass is 316 g/mol. The highest BCUT2D eigenvalue weighted by Gasteiger charge is 2.17. The number of nitrogens with zero attached hydrogens (tertiary/aromatic N) is 1. The molecule has 19 heavy (non-hydrogen) atoms. The van der Waals surface area contributed by atoms with E-state index in [1.807, 2.05) is 12.1 Å². The molecule has 3 rings (SSSR count). The average Bonchev–Trinajstić information content (AvgIpc) is 2.45. The molecule has 3 heteroatoms. The summed E-state index contributed by atoms with van der Waals surface area (Å²) < 4.78 is 0.904. The molecule has 0 saturated heterocycles. The third-order valence-electron chi connectivity index (χ3n) is 3.69. The third-order valence-corrected chi connectivity index (χ3v) is 4.13. The van der Waals surface area contributed by atoms with Crippen LogP contribution in [0, 0.1) is 0 Å². The van der Waals surface area contributed by atoms with Gasteiger partial charge >= 0.3 is 0 Å². The first kappa shape index (κ1) is 12.8. The van der Waals surface area contributed by atoms with Crippen molar-refractivity contribution >= 4 is 15.9 Å². The number of nitrogens with one attached hydrogen (secondary N) is 1. The van der Waals surface area contributed by atoms with Crippen LogP contribution in [0.5, 0.6) is 0 Å². The van der Waals surface area contributed by atoms with Crippen LogP contribution in [0.1, 0.15) is 23.2 Å². The number of hydrogen-bond acceptors (Lipinski definition) is 2. The van der Waals surface area contributed by atoms with E-state index in [1.165, 1.54) is 24.0 Å². The van der Waals surface area contributed by atoms with Crippen LogP contribution in [0.3, 0.4) is 0 Å². The van der Waals surface area contributed by atoms with Crippen molar-refractivity contribution in [3.8, 4) is 0 Å². The predicted octanol–water partition coefficient (Wildman–Crippen LogP) is 3.49. The summed E-state index contributed by atoms with van der Waals surface area (Å²) in [6.07, 6.45) is 3.52. The van der Waals surface area contributed by atoms with Crippen molar-refractivity contribution in [2.45, 2.75) is 31.8 Å². The van der Waals surface area contributed by atoms with Crippen molar-refractivity contribution in [3.05, 3.63) is 63.9 Å². The zero-order valence-corrected chi connectivity index (χ0v) is 12.4. The number of pyridine rings is 1. The predicted molar refractivity (Wildman–Crippen MR) is 81.0 cm³/mol. The van der Waals surface area contributed by atoms with Crippen LogP contribution in [-0.2, 0) is 19.4 Å². The summed E-state index contributed by atoms with van der Waals surface area (Å²) in [6.45, 7) is 0.840. The second-order valence-corrected chi connectivity index (χ2v) is 5.85. The van der Waals surface area contributed by atoms with Gasteiger partial charge in [0.05, 0.1) is 5.69 Å². The van der Waals surface area contributed by atoms with Crippen molar-refractivity contribution in [2.75, 3.05) is 0 Å². The van der Waals surface area contributed by atoms with E-state index < -0.39 is 0 Å². The SMILES string of the molecule is Brc1cccc(CNC2CCc3ccccc3C2)n1. The van der Waals surface area contributed by atoms with Crippen molar-refractivity contribution < 1.29 is 0 Å². The summed E-state index contributed by atoms with van der Waals surface area (Å²) in [7, 11) is 0. The fourth-order valence-electron chi connectivity index (χ4n) is 2.67. The topological polar surface area (TPSA) is 24.9 Å². The van der Waals surface area contributed by atoms with Gasteiger partial charge in [0.1, 0.15) is 4.60 Å². The molecule has 0 fully saturated rings. The first-order chi connectivity index (χ1) is 9.31. The summed E-state index contributed by atoms with van der Waals surface area (Å²) in [5.74, 6) is 0. The minimum absolute atomic E-state index is 0.565. The smallest absolute Gasteiger partial charge is 0.106 e. The van der Waals surface area contributed by atoms with E-state index in [0.29, 0.717) is 6.04 Å². The lowest BCUT2D eigenvalue weighted by Gasteiger charge is -2.25. The molecule has 98 valence electrons. The second kappa shape index (κ2) is 5.85. The molecule has 0 amide bonds. The molecular formula is C16H17BrN2. The number of aryl methyl sites for hydroxylation is 1. The zero-order chi connectivity index (χ0) is 13.1. The molecule has 2 nitrogen and oxygen atoms in total. The summed E-state index contributed by atoms with van der Waals surface area (Å²) in [5.41, 5.74) is 4.10. The number of rotatable bonds is 3. The molecule has 1 unspecified atom stereocenters. The minimum atomic E-state index is 0.565. The summed E-state index contributed by atoms with van der Waals surface area (Å²) in [5, 5.41) is 3.62. The summed E-state index contributed by atoms with van der Waals surface area (Å²) >= 11 is 3.41. The lowest BCUT2D eigenvalue weighted by Crippen LogP contribution is -2.34. The van der Waals surface area contributed by atoms with Gasteiger partial charge in [0.15, 0.2) is 0 Å². The van der Waals surface area contributed by atoms with Crippen molar-refractivity contribution in [1.82, 2.24) is 10.3 Å². The first-order valence-corrected chi connectivity index (χ1v) is 7.52. The van der Waals surface area contributed by atoms with E-state index in [4.69, 9.17) is 0 Å². The Morgan fingerprint density at radius 1 is 1.11 bits per heavy atom. The Morgan fingerprint density at radius 3 is 2.79 bits per heavy atom. The van der Waals surface area contributed by atoms with Gasteiger partial charge < -0.3 is 5.32 Å². The molecular weight excluding hydrogens is 300 g/mol. The van der Waals surface area contributed by atoms with Crippen LogP contribution in [0.2, 0.25) is 0 Å². The number of benzene rings is 1. The number of hydrogen-bond donors (Lipinski definition) is 1. The largest absolute Gasteiger partial charge is 0.308 e. The zero-order valence-electron chi connectivity index (χ0n) is 10.8. The highest BCUT2D eigenvalue weighted by molar-refractivity contribution is 9.10. The van der Waals surface area contributed by atoms with Gasteiger partial charge in [-0.2, -0.15) is 0 Å². The molecule has 1 heterocycles. The van der Waals surface area contributed by atoms with E-state index in [9.17, 15) is 0 Å². The van der Waals surface area contributed by atoms with E-state index in [1.54, 1.807) is 0 Å². The van der Waals surface area contributed by atoms with Crippen molar-refractivity contribution in [1.29, 1.82) is 0 Å². The highest BCUT2D eigenvalue weighted by Crippen LogP contribution is 2.21. The quantitative estimate of drug-likeness (QED) is 0.877. The van der Waals surface area contributed by atoms with Gasteiger partial charge in [-0.3, -0.25) is 0 Å². The van der Waals surface area contributed by atoms with E-state index in [0.717, 1.165) is 23.3 Å². The Morgan fingerprint density at radius 2 is 1.95 bits per heavy atom. The molecule has 0 bridgehead atoms. The molecule has 1 aromatic heterocycles. The van der Waals surface area contributed by atoms with Crippen molar-refractivity contribution in [2.24, 2.45) is 0 Å². The molecule has 2 aromatic rings. The van der Waals surface area contributed by atoms with Crippen molar-refractivity contribution in [3.63, 3.8) is 0 Å². The lowest BCUT2D eigenvalue weighted by molar-refractivity contribution is 0.454. The van der Waals surface area contributed by atoms with Gasteiger partial charge in [0, 0.05) is 12.6 Å². The Balaban J connectivity index is 1.61. The molecule has 1 aromatic carbocycles. The number of halogens is 1. The van der Waals surface area contributed by atoms with Gasteiger partial charge in [0.25, 0.3) is 0 Å². The van der Waals surface area contributed by atoms with Crippen LogP contribution in [-0.4, -0.2) is 11.0 Å². The van der Waals surface area contributed by atoms with Gasteiger partial charge in [-0.1, -0.05) is 30.3 Å². The molecule has 0 spiro atoms. The van der Waals surface area contributed by atoms with Crippen LogP contribution < -0.4 is 5.32 Å². The van der Waals surface area contributed by atoms with E-state index in [-0.39, 0.29) is 0 Å². The lowest BCUT2D eigenvalue weighted by atomic mass is 9.88. The Labute approximate surface area is 122 Å².